The molecule has 0 amide bonds. The summed E-state index contributed by atoms with van der Waals surface area (Å²) in [6.07, 6.45) is 4.64. The second kappa shape index (κ2) is 8.91. The lowest BCUT2D eigenvalue weighted by Crippen LogP contribution is -2.44. The van der Waals surface area contributed by atoms with Crippen LogP contribution in [-0.2, 0) is 11.2 Å². The van der Waals surface area contributed by atoms with Gasteiger partial charge >= 0.3 is 0 Å². The molecule has 1 saturated carbocycles. The van der Waals surface area contributed by atoms with Gasteiger partial charge in [0.1, 0.15) is 0 Å². The minimum Gasteiger partial charge on any atom is -0.385 e. The molecule has 1 aromatic rings. The number of benzene rings is 1. The van der Waals surface area contributed by atoms with Crippen LogP contribution in [0.3, 0.4) is 0 Å². The third kappa shape index (κ3) is 6.87. The highest BCUT2D eigenvalue weighted by atomic mass is 35.5. The smallest absolute Gasteiger partial charge is 0.191 e. The minimum atomic E-state index is 0.107. The number of aliphatic imine (C=N–C) groups is 1. The zero-order valence-corrected chi connectivity index (χ0v) is 16.7. The molecule has 1 fully saturated rings. The lowest BCUT2D eigenvalue weighted by atomic mass is 9.86. The van der Waals surface area contributed by atoms with Crippen molar-refractivity contribution in [3.8, 4) is 0 Å². The van der Waals surface area contributed by atoms with Gasteiger partial charge in [-0.25, -0.2) is 0 Å². The summed E-state index contributed by atoms with van der Waals surface area (Å²) in [5.41, 5.74) is 1.78. The van der Waals surface area contributed by atoms with Crippen molar-refractivity contribution in [3.05, 3.63) is 34.9 Å². The van der Waals surface area contributed by atoms with Gasteiger partial charge in [0, 0.05) is 38.9 Å². The molecular weight excluding hydrogens is 334 g/mol. The van der Waals surface area contributed by atoms with Crippen LogP contribution in [0.25, 0.3) is 0 Å². The van der Waals surface area contributed by atoms with E-state index in [-0.39, 0.29) is 5.41 Å². The van der Waals surface area contributed by atoms with E-state index in [9.17, 15) is 0 Å². The van der Waals surface area contributed by atoms with Gasteiger partial charge in [-0.1, -0.05) is 37.6 Å². The topological polar surface area (TPSA) is 45.7 Å². The average molecular weight is 366 g/mol. The molecule has 0 heterocycles. The standard InChI is InChI=1S/C20H32ClN3O/c1-19(2,13-16-6-5-7-17(21)12-16)14-23-18(22-3)24-15-20(8-9-20)10-11-25-4/h5-7,12H,8-11,13-15H2,1-4H3,(H2,22,23,24). The van der Waals surface area contributed by atoms with Gasteiger partial charge in [0.2, 0.25) is 0 Å². The van der Waals surface area contributed by atoms with E-state index < -0.39 is 0 Å². The Hall–Kier alpha value is -1.26. The van der Waals surface area contributed by atoms with Gasteiger partial charge in [0.15, 0.2) is 5.96 Å². The van der Waals surface area contributed by atoms with E-state index >= 15 is 0 Å². The van der Waals surface area contributed by atoms with Crippen molar-refractivity contribution in [1.29, 1.82) is 0 Å². The maximum Gasteiger partial charge on any atom is 0.191 e. The number of rotatable bonds is 9. The predicted octanol–water partition coefficient (Wildman–Crippen LogP) is 3.89. The van der Waals surface area contributed by atoms with Crippen molar-refractivity contribution >= 4 is 17.6 Å². The first-order chi connectivity index (χ1) is 11.9. The minimum absolute atomic E-state index is 0.107. The van der Waals surface area contributed by atoms with Gasteiger partial charge < -0.3 is 15.4 Å². The van der Waals surface area contributed by atoms with E-state index in [1.54, 1.807) is 7.11 Å². The summed E-state index contributed by atoms with van der Waals surface area (Å²) in [4.78, 5) is 4.37. The summed E-state index contributed by atoms with van der Waals surface area (Å²) < 4.78 is 5.22. The molecule has 0 spiro atoms. The number of hydrogen-bond acceptors (Lipinski definition) is 2. The van der Waals surface area contributed by atoms with Gasteiger partial charge in [-0.15, -0.1) is 0 Å². The molecule has 0 aromatic heterocycles. The summed E-state index contributed by atoms with van der Waals surface area (Å²) in [5.74, 6) is 0.878. The van der Waals surface area contributed by atoms with Gasteiger partial charge in [-0.3, -0.25) is 4.99 Å². The van der Waals surface area contributed by atoms with Crippen LogP contribution < -0.4 is 10.6 Å². The zero-order valence-electron chi connectivity index (χ0n) is 16.0. The van der Waals surface area contributed by atoms with Crippen molar-refractivity contribution in [1.82, 2.24) is 10.6 Å². The first-order valence-electron chi connectivity index (χ1n) is 9.06. The largest absolute Gasteiger partial charge is 0.385 e. The highest BCUT2D eigenvalue weighted by Crippen LogP contribution is 2.48. The number of guanidine groups is 1. The Balaban J connectivity index is 1.79. The molecule has 1 aromatic carbocycles. The molecule has 2 rings (SSSR count). The molecule has 4 nitrogen and oxygen atoms in total. The lowest BCUT2D eigenvalue weighted by Gasteiger charge is -2.27. The molecule has 25 heavy (non-hydrogen) atoms. The Morgan fingerprint density at radius 1 is 1.32 bits per heavy atom. The Bertz CT molecular complexity index is 582. The zero-order chi connectivity index (χ0) is 18.3. The molecular formula is C20H32ClN3O. The first kappa shape index (κ1) is 20.1. The van der Waals surface area contributed by atoms with Crippen LogP contribution in [0.2, 0.25) is 5.02 Å². The highest BCUT2D eigenvalue weighted by Gasteiger charge is 2.41. The average Bonchev–Trinajstić information content (AvgIpc) is 3.33. The molecule has 0 aliphatic heterocycles. The molecule has 0 bridgehead atoms. The van der Waals surface area contributed by atoms with Crippen LogP contribution in [0, 0.1) is 10.8 Å². The number of ether oxygens (including phenoxy) is 1. The predicted molar refractivity (Wildman–Crippen MR) is 106 cm³/mol. The fourth-order valence-corrected chi connectivity index (χ4v) is 3.30. The fourth-order valence-electron chi connectivity index (χ4n) is 3.09. The Labute approximate surface area is 157 Å². The maximum atomic E-state index is 6.10. The molecule has 0 saturated heterocycles. The third-order valence-corrected chi connectivity index (χ3v) is 5.19. The maximum absolute atomic E-state index is 6.10. The monoisotopic (exact) mass is 365 g/mol. The van der Waals surface area contributed by atoms with Crippen molar-refractivity contribution in [2.75, 3.05) is 33.9 Å². The second-order valence-corrected chi connectivity index (χ2v) is 8.43. The summed E-state index contributed by atoms with van der Waals surface area (Å²) in [5, 5.41) is 7.76. The van der Waals surface area contributed by atoms with E-state index in [0.717, 1.165) is 43.5 Å². The van der Waals surface area contributed by atoms with Gasteiger partial charge in [0.05, 0.1) is 0 Å². The van der Waals surface area contributed by atoms with Crippen LogP contribution in [0.1, 0.15) is 38.7 Å². The molecule has 2 N–H and O–H groups in total. The van der Waals surface area contributed by atoms with Crippen molar-refractivity contribution < 1.29 is 4.74 Å². The first-order valence-corrected chi connectivity index (χ1v) is 9.44. The Morgan fingerprint density at radius 2 is 2.08 bits per heavy atom. The Kier molecular flexibility index (Phi) is 7.14. The number of halogens is 1. The molecule has 0 unspecified atom stereocenters. The van der Waals surface area contributed by atoms with E-state index in [1.165, 1.54) is 18.4 Å². The van der Waals surface area contributed by atoms with Crippen LogP contribution >= 0.6 is 11.6 Å². The number of methoxy groups -OCH3 is 1. The number of nitrogens with one attached hydrogen (secondary N) is 2. The van der Waals surface area contributed by atoms with E-state index in [0.29, 0.717) is 5.41 Å². The normalized spacial score (nSPS) is 16.6. The third-order valence-electron chi connectivity index (χ3n) is 4.95. The van der Waals surface area contributed by atoms with Gasteiger partial charge in [-0.2, -0.15) is 0 Å². The van der Waals surface area contributed by atoms with Crippen molar-refractivity contribution in [2.45, 2.75) is 39.5 Å². The quantitative estimate of drug-likeness (QED) is 0.515. The van der Waals surface area contributed by atoms with E-state index in [2.05, 4.69) is 35.5 Å². The van der Waals surface area contributed by atoms with Crippen LogP contribution in [0.4, 0.5) is 0 Å². The second-order valence-electron chi connectivity index (χ2n) is 7.99. The van der Waals surface area contributed by atoms with Crippen LogP contribution in [0.5, 0.6) is 0 Å². The van der Waals surface area contributed by atoms with E-state index in [1.807, 2.05) is 25.2 Å². The van der Waals surface area contributed by atoms with E-state index in [4.69, 9.17) is 16.3 Å². The van der Waals surface area contributed by atoms with Crippen molar-refractivity contribution in [2.24, 2.45) is 15.8 Å². The molecule has 0 atom stereocenters. The van der Waals surface area contributed by atoms with Crippen LogP contribution in [0.15, 0.2) is 29.3 Å². The summed E-state index contributed by atoms with van der Waals surface area (Å²) >= 11 is 6.10. The Morgan fingerprint density at radius 3 is 2.68 bits per heavy atom. The van der Waals surface area contributed by atoms with Gasteiger partial charge in [-0.05, 0) is 54.2 Å². The van der Waals surface area contributed by atoms with Crippen molar-refractivity contribution in [3.63, 3.8) is 0 Å². The highest BCUT2D eigenvalue weighted by molar-refractivity contribution is 6.30. The molecule has 1 aliphatic carbocycles. The molecule has 140 valence electrons. The summed E-state index contributed by atoms with van der Waals surface area (Å²) in [6.45, 7) is 7.17. The summed E-state index contributed by atoms with van der Waals surface area (Å²) in [7, 11) is 3.60. The number of nitrogens with zero attached hydrogens (tertiary/aromatic N) is 1. The number of hydrogen-bond donors (Lipinski definition) is 2. The lowest BCUT2D eigenvalue weighted by molar-refractivity contribution is 0.172. The van der Waals surface area contributed by atoms with Crippen LogP contribution in [-0.4, -0.2) is 39.8 Å². The SMILES string of the molecule is CN=C(NCC(C)(C)Cc1cccc(Cl)c1)NCC1(CCOC)CC1. The summed E-state index contributed by atoms with van der Waals surface area (Å²) in [6, 6.07) is 8.10. The van der Waals surface area contributed by atoms with Gasteiger partial charge in [0.25, 0.3) is 0 Å². The molecule has 0 radical (unpaired) electrons. The molecule has 5 heteroatoms. The fraction of sp³-hybridized carbons (Fsp3) is 0.650. The molecule has 1 aliphatic rings.